The Morgan fingerprint density at radius 3 is 2.19 bits per heavy atom. The molecule has 0 aliphatic carbocycles. The van der Waals surface area contributed by atoms with Crippen molar-refractivity contribution in [1.29, 1.82) is 0 Å². The number of hydrogen-bond donors (Lipinski definition) is 1. The lowest BCUT2D eigenvalue weighted by Crippen LogP contribution is -2.48. The zero-order valence-corrected chi connectivity index (χ0v) is 9.82. The molecule has 0 spiro atoms. The molecule has 2 amide bonds. The molecule has 1 heterocycles. The summed E-state index contributed by atoms with van der Waals surface area (Å²) >= 11 is 0. The van der Waals surface area contributed by atoms with Crippen LogP contribution in [0.25, 0.3) is 0 Å². The first-order valence-electron chi connectivity index (χ1n) is 5.29. The van der Waals surface area contributed by atoms with E-state index in [1.807, 2.05) is 13.8 Å². The van der Waals surface area contributed by atoms with Gasteiger partial charge in [-0.25, -0.2) is 0 Å². The molecular weight excluding hydrogens is 210 g/mol. The van der Waals surface area contributed by atoms with Gasteiger partial charge in [0.15, 0.2) is 0 Å². The molecule has 0 saturated carbocycles. The summed E-state index contributed by atoms with van der Waals surface area (Å²) in [7, 11) is 0. The molecule has 1 atom stereocenters. The second-order valence-corrected chi connectivity index (χ2v) is 5.16. The first kappa shape index (κ1) is 12.7. The third kappa shape index (κ3) is 2.81. The van der Waals surface area contributed by atoms with Gasteiger partial charge in [-0.2, -0.15) is 0 Å². The number of piperidine rings is 1. The number of amides is 2. The van der Waals surface area contributed by atoms with Gasteiger partial charge in [-0.05, 0) is 5.41 Å². The second-order valence-electron chi connectivity index (χ2n) is 5.16. The third-order valence-corrected chi connectivity index (χ3v) is 2.74. The summed E-state index contributed by atoms with van der Waals surface area (Å²) in [6, 6.07) is 0. The Morgan fingerprint density at radius 2 is 1.81 bits per heavy atom. The van der Waals surface area contributed by atoms with E-state index < -0.39 is 11.9 Å². The Labute approximate surface area is 94.4 Å². The average Bonchev–Trinajstić information content (AvgIpc) is 2.09. The Hall–Kier alpha value is -1.39. The fraction of sp³-hybridized carbons (Fsp3) is 0.727. The topological polar surface area (TPSA) is 74.7 Å². The van der Waals surface area contributed by atoms with Gasteiger partial charge in [-0.15, -0.1) is 0 Å². The van der Waals surface area contributed by atoms with Crippen LogP contribution in [0, 0.1) is 11.3 Å². The average molecular weight is 227 g/mol. The molecule has 16 heavy (non-hydrogen) atoms. The highest BCUT2D eigenvalue weighted by atomic mass is 16.4. The molecule has 0 aromatic carbocycles. The Balaban J connectivity index is 2.72. The molecule has 0 aromatic rings. The molecule has 1 fully saturated rings. The molecule has 5 nitrogen and oxygen atoms in total. The minimum absolute atomic E-state index is 0.0247. The largest absolute Gasteiger partial charge is 0.481 e. The lowest BCUT2D eigenvalue weighted by Gasteiger charge is -2.35. The van der Waals surface area contributed by atoms with E-state index in [4.69, 9.17) is 5.11 Å². The molecule has 1 saturated heterocycles. The first-order valence-corrected chi connectivity index (χ1v) is 5.29. The zero-order valence-electron chi connectivity index (χ0n) is 9.82. The fourth-order valence-electron chi connectivity index (χ4n) is 1.77. The van der Waals surface area contributed by atoms with Crippen LogP contribution in [-0.4, -0.2) is 34.3 Å². The predicted octanol–water partition coefficient (Wildman–Crippen LogP) is 0.882. The maximum Gasteiger partial charge on any atom is 0.308 e. The molecule has 0 radical (unpaired) electrons. The molecule has 1 N–H and O–H groups in total. The fourth-order valence-corrected chi connectivity index (χ4v) is 1.77. The summed E-state index contributed by atoms with van der Waals surface area (Å²) in [4.78, 5) is 35.1. The van der Waals surface area contributed by atoms with Gasteiger partial charge < -0.3 is 5.11 Å². The van der Waals surface area contributed by atoms with E-state index >= 15 is 0 Å². The minimum Gasteiger partial charge on any atom is -0.481 e. The number of carboxylic acids is 1. The Morgan fingerprint density at radius 1 is 1.38 bits per heavy atom. The van der Waals surface area contributed by atoms with Gasteiger partial charge >= 0.3 is 5.97 Å². The number of nitrogens with zero attached hydrogens (tertiary/aromatic N) is 1. The second kappa shape index (κ2) is 4.23. The monoisotopic (exact) mass is 227 g/mol. The van der Waals surface area contributed by atoms with Crippen LogP contribution < -0.4 is 0 Å². The lowest BCUT2D eigenvalue weighted by atomic mass is 9.81. The van der Waals surface area contributed by atoms with Gasteiger partial charge in [0.1, 0.15) is 0 Å². The van der Waals surface area contributed by atoms with Crippen LogP contribution in [-0.2, 0) is 14.4 Å². The zero-order chi connectivity index (χ0) is 12.5. The summed E-state index contributed by atoms with van der Waals surface area (Å²) in [5.74, 6) is -2.25. The predicted molar refractivity (Wildman–Crippen MR) is 56.5 cm³/mol. The van der Waals surface area contributed by atoms with Crippen molar-refractivity contribution in [3.8, 4) is 0 Å². The van der Waals surface area contributed by atoms with Gasteiger partial charge in [0.05, 0.1) is 5.92 Å². The van der Waals surface area contributed by atoms with Gasteiger partial charge in [-0.1, -0.05) is 20.8 Å². The molecule has 0 bridgehead atoms. The number of likely N-dealkylation sites (tertiary alicyclic amines) is 1. The van der Waals surface area contributed by atoms with E-state index in [0.717, 1.165) is 4.90 Å². The highest BCUT2D eigenvalue weighted by molar-refractivity contribution is 5.98. The smallest absolute Gasteiger partial charge is 0.308 e. The number of rotatable bonds is 3. The summed E-state index contributed by atoms with van der Waals surface area (Å²) in [5, 5.41) is 8.74. The SMILES string of the molecule is CC(CN1C(=O)CC(C)(C)CC1=O)C(=O)O. The summed E-state index contributed by atoms with van der Waals surface area (Å²) < 4.78 is 0. The van der Waals surface area contributed by atoms with Crippen molar-refractivity contribution in [2.24, 2.45) is 11.3 Å². The lowest BCUT2D eigenvalue weighted by molar-refractivity contribution is -0.154. The van der Waals surface area contributed by atoms with E-state index in [1.54, 1.807) is 0 Å². The van der Waals surface area contributed by atoms with Crippen molar-refractivity contribution in [2.75, 3.05) is 6.54 Å². The van der Waals surface area contributed by atoms with E-state index in [2.05, 4.69) is 0 Å². The molecular formula is C11H17NO4. The summed E-state index contributed by atoms with van der Waals surface area (Å²) in [6.45, 7) is 5.19. The third-order valence-electron chi connectivity index (χ3n) is 2.74. The van der Waals surface area contributed by atoms with Gasteiger partial charge in [-0.3, -0.25) is 19.3 Å². The van der Waals surface area contributed by atoms with Crippen LogP contribution in [0.1, 0.15) is 33.6 Å². The maximum atomic E-state index is 11.7. The number of carboxylic acid groups (broad SMARTS) is 1. The molecule has 1 rings (SSSR count). The Bertz CT molecular complexity index is 315. The van der Waals surface area contributed by atoms with Crippen molar-refractivity contribution in [3.05, 3.63) is 0 Å². The highest BCUT2D eigenvalue weighted by Crippen LogP contribution is 2.31. The normalized spacial score (nSPS) is 22.1. The number of carbonyl (C=O) groups is 3. The van der Waals surface area contributed by atoms with Crippen molar-refractivity contribution in [3.63, 3.8) is 0 Å². The van der Waals surface area contributed by atoms with Crippen molar-refractivity contribution in [1.82, 2.24) is 4.90 Å². The first-order chi connectivity index (χ1) is 7.23. The van der Waals surface area contributed by atoms with Crippen LogP contribution in [0.2, 0.25) is 0 Å². The van der Waals surface area contributed by atoms with Crippen molar-refractivity contribution in [2.45, 2.75) is 33.6 Å². The standard InChI is InChI=1S/C11H17NO4/c1-7(10(15)16)6-12-8(13)4-11(2,3)5-9(12)14/h7H,4-6H2,1-3H3,(H,15,16). The molecule has 1 aliphatic heterocycles. The quantitative estimate of drug-likeness (QED) is 0.726. The molecule has 90 valence electrons. The molecule has 1 aliphatic rings. The number of aliphatic carboxylic acids is 1. The molecule has 5 heteroatoms. The van der Waals surface area contributed by atoms with Gasteiger partial charge in [0, 0.05) is 19.4 Å². The van der Waals surface area contributed by atoms with Crippen molar-refractivity contribution < 1.29 is 19.5 Å². The van der Waals surface area contributed by atoms with E-state index in [0.29, 0.717) is 12.8 Å². The van der Waals surface area contributed by atoms with Crippen LogP contribution >= 0.6 is 0 Å². The van der Waals surface area contributed by atoms with Crippen LogP contribution in [0.3, 0.4) is 0 Å². The summed E-state index contributed by atoms with van der Waals surface area (Å²) in [6.07, 6.45) is 0.593. The summed E-state index contributed by atoms with van der Waals surface area (Å²) in [5.41, 5.74) is -0.308. The van der Waals surface area contributed by atoms with Gasteiger partial charge in [0.2, 0.25) is 11.8 Å². The van der Waals surface area contributed by atoms with Crippen LogP contribution in [0.5, 0.6) is 0 Å². The van der Waals surface area contributed by atoms with Crippen LogP contribution in [0.15, 0.2) is 0 Å². The molecule has 1 unspecified atom stereocenters. The highest BCUT2D eigenvalue weighted by Gasteiger charge is 2.38. The van der Waals surface area contributed by atoms with E-state index in [-0.39, 0.29) is 23.8 Å². The maximum absolute atomic E-state index is 11.7. The van der Waals surface area contributed by atoms with Crippen molar-refractivity contribution >= 4 is 17.8 Å². The number of hydrogen-bond acceptors (Lipinski definition) is 3. The van der Waals surface area contributed by atoms with Gasteiger partial charge in [0.25, 0.3) is 0 Å². The molecule has 0 aromatic heterocycles. The number of carbonyl (C=O) groups excluding carboxylic acids is 2. The number of imide groups is 1. The van der Waals surface area contributed by atoms with E-state index in [9.17, 15) is 14.4 Å². The van der Waals surface area contributed by atoms with E-state index in [1.165, 1.54) is 6.92 Å². The Kier molecular flexibility index (Phi) is 3.35. The minimum atomic E-state index is -0.995. The van der Waals surface area contributed by atoms with Crippen LogP contribution in [0.4, 0.5) is 0 Å².